The van der Waals surface area contributed by atoms with Gasteiger partial charge >= 0.3 is 6.18 Å². The molecule has 1 aromatic rings. The fraction of sp³-hybridized carbons (Fsp3) is 0.600. The van der Waals surface area contributed by atoms with E-state index in [2.05, 4.69) is 0 Å². The van der Waals surface area contributed by atoms with Gasteiger partial charge in [-0.3, -0.25) is 0 Å². The van der Waals surface area contributed by atoms with Gasteiger partial charge in [0, 0.05) is 17.9 Å². The molecule has 0 amide bonds. The Labute approximate surface area is 80.5 Å². The van der Waals surface area contributed by atoms with Gasteiger partial charge in [0.25, 0.3) is 0 Å². The number of alkyl halides is 3. The molecular formula is C10H12F3N. The average molecular weight is 203 g/mol. The van der Waals surface area contributed by atoms with Gasteiger partial charge in [0.2, 0.25) is 0 Å². The van der Waals surface area contributed by atoms with Crippen molar-refractivity contribution in [2.75, 3.05) is 0 Å². The molecule has 2 rings (SSSR count). The van der Waals surface area contributed by atoms with Crippen LogP contribution in [0.1, 0.15) is 29.8 Å². The van der Waals surface area contributed by atoms with Crippen molar-refractivity contribution in [2.24, 2.45) is 0 Å². The van der Waals surface area contributed by atoms with Crippen molar-refractivity contribution in [3.05, 3.63) is 23.0 Å². The molecule has 1 aliphatic heterocycles. The van der Waals surface area contributed by atoms with Gasteiger partial charge in [-0.25, -0.2) is 0 Å². The highest BCUT2D eigenvalue weighted by atomic mass is 19.4. The zero-order chi connectivity index (χ0) is 10.3. The largest absolute Gasteiger partial charge is 0.418 e. The van der Waals surface area contributed by atoms with Crippen LogP contribution in [0.25, 0.3) is 0 Å². The smallest absolute Gasteiger partial charge is 0.348 e. The van der Waals surface area contributed by atoms with Crippen LogP contribution in [0.4, 0.5) is 13.2 Å². The molecule has 0 saturated heterocycles. The van der Waals surface area contributed by atoms with Crippen molar-refractivity contribution in [1.82, 2.24) is 4.57 Å². The topological polar surface area (TPSA) is 4.93 Å². The SMILES string of the molecule is Cc1c(C(F)(F)F)cc2n1CCCC2. The molecule has 0 saturated carbocycles. The van der Waals surface area contributed by atoms with Gasteiger partial charge in [-0.05, 0) is 32.3 Å². The number of hydrogen-bond acceptors (Lipinski definition) is 0. The minimum Gasteiger partial charge on any atom is -0.348 e. The molecule has 0 atom stereocenters. The molecule has 0 aromatic carbocycles. The minimum absolute atomic E-state index is 0.368. The maximum Gasteiger partial charge on any atom is 0.418 e. The standard InChI is InChI=1S/C10H12F3N/c1-7-9(10(11,12)13)6-8-4-2-3-5-14(7)8/h6H,2-5H2,1H3. The lowest BCUT2D eigenvalue weighted by Crippen LogP contribution is -2.12. The summed E-state index contributed by atoms with van der Waals surface area (Å²) in [5.41, 5.74) is 0.739. The second-order valence-corrected chi connectivity index (χ2v) is 3.74. The summed E-state index contributed by atoms with van der Waals surface area (Å²) >= 11 is 0. The monoisotopic (exact) mass is 203 g/mol. The van der Waals surface area contributed by atoms with Crippen molar-refractivity contribution >= 4 is 0 Å². The van der Waals surface area contributed by atoms with Gasteiger partial charge in [0.05, 0.1) is 5.56 Å². The molecule has 0 bridgehead atoms. The Morgan fingerprint density at radius 1 is 1.29 bits per heavy atom. The van der Waals surface area contributed by atoms with Gasteiger partial charge in [-0.1, -0.05) is 0 Å². The molecule has 0 aliphatic carbocycles. The Morgan fingerprint density at radius 2 is 2.00 bits per heavy atom. The third kappa shape index (κ3) is 1.42. The summed E-state index contributed by atoms with van der Waals surface area (Å²) in [6.07, 6.45) is -1.44. The number of aromatic nitrogens is 1. The first-order valence-corrected chi connectivity index (χ1v) is 4.76. The van der Waals surface area contributed by atoms with Crippen molar-refractivity contribution in [2.45, 2.75) is 38.9 Å². The lowest BCUT2D eigenvalue weighted by Gasteiger charge is -2.16. The molecule has 1 aromatic heterocycles. The number of hydrogen-bond donors (Lipinski definition) is 0. The van der Waals surface area contributed by atoms with E-state index < -0.39 is 11.7 Å². The fourth-order valence-electron chi connectivity index (χ4n) is 2.09. The van der Waals surface area contributed by atoms with Crippen LogP contribution in [-0.4, -0.2) is 4.57 Å². The first-order valence-electron chi connectivity index (χ1n) is 4.76. The first kappa shape index (κ1) is 9.62. The third-order valence-electron chi connectivity index (χ3n) is 2.82. The second kappa shape index (κ2) is 3.04. The van der Waals surface area contributed by atoms with E-state index in [9.17, 15) is 13.2 Å². The zero-order valence-corrected chi connectivity index (χ0v) is 7.99. The molecule has 0 spiro atoms. The van der Waals surface area contributed by atoms with Crippen LogP contribution in [0, 0.1) is 6.92 Å². The highest BCUT2D eigenvalue weighted by molar-refractivity contribution is 5.30. The predicted octanol–water partition coefficient (Wildman–Crippen LogP) is 3.15. The summed E-state index contributed by atoms with van der Waals surface area (Å²) in [5, 5.41) is 0. The van der Waals surface area contributed by atoms with E-state index in [1.807, 2.05) is 0 Å². The van der Waals surface area contributed by atoms with E-state index >= 15 is 0 Å². The summed E-state index contributed by atoms with van der Waals surface area (Å²) in [7, 11) is 0. The third-order valence-corrected chi connectivity index (χ3v) is 2.82. The van der Waals surface area contributed by atoms with E-state index in [-0.39, 0.29) is 0 Å². The Balaban J connectivity index is 2.49. The second-order valence-electron chi connectivity index (χ2n) is 3.74. The van der Waals surface area contributed by atoms with Crippen molar-refractivity contribution < 1.29 is 13.2 Å². The number of nitrogens with zero attached hydrogens (tertiary/aromatic N) is 1. The Hall–Kier alpha value is -0.930. The molecule has 0 N–H and O–H groups in total. The molecule has 0 radical (unpaired) electrons. The number of halogens is 3. The van der Waals surface area contributed by atoms with Crippen LogP contribution < -0.4 is 0 Å². The van der Waals surface area contributed by atoms with Crippen molar-refractivity contribution in [1.29, 1.82) is 0 Å². The quantitative estimate of drug-likeness (QED) is 0.610. The number of aryl methyl sites for hydroxylation is 1. The van der Waals surface area contributed by atoms with Crippen LogP contribution >= 0.6 is 0 Å². The number of rotatable bonds is 0. The summed E-state index contributed by atoms with van der Waals surface area (Å²) in [5.74, 6) is 0. The molecule has 78 valence electrons. The van der Waals surface area contributed by atoms with Crippen LogP contribution in [0.15, 0.2) is 6.07 Å². The zero-order valence-electron chi connectivity index (χ0n) is 7.99. The van der Waals surface area contributed by atoms with E-state index in [0.29, 0.717) is 5.69 Å². The summed E-state index contributed by atoms with van der Waals surface area (Å²) in [4.78, 5) is 0. The Kier molecular flexibility index (Phi) is 2.09. The molecule has 4 heteroatoms. The van der Waals surface area contributed by atoms with Gasteiger partial charge < -0.3 is 4.57 Å². The highest BCUT2D eigenvalue weighted by Gasteiger charge is 2.35. The van der Waals surface area contributed by atoms with Gasteiger partial charge in [-0.15, -0.1) is 0 Å². The van der Waals surface area contributed by atoms with E-state index in [0.717, 1.165) is 31.5 Å². The minimum atomic E-state index is -4.20. The average Bonchev–Trinajstić information content (AvgIpc) is 2.44. The molecule has 14 heavy (non-hydrogen) atoms. The molecule has 0 fully saturated rings. The van der Waals surface area contributed by atoms with Crippen LogP contribution in [-0.2, 0) is 19.1 Å². The van der Waals surface area contributed by atoms with Gasteiger partial charge in [0.15, 0.2) is 0 Å². The van der Waals surface area contributed by atoms with Crippen LogP contribution in [0.2, 0.25) is 0 Å². The predicted molar refractivity (Wildman–Crippen MR) is 47.1 cm³/mol. The van der Waals surface area contributed by atoms with Crippen LogP contribution in [0.5, 0.6) is 0 Å². The Bertz CT molecular complexity index is 349. The summed E-state index contributed by atoms with van der Waals surface area (Å²) in [6.45, 7) is 2.29. The highest BCUT2D eigenvalue weighted by Crippen LogP contribution is 2.35. The first-order chi connectivity index (χ1) is 6.50. The number of fused-ring (bicyclic) bond motifs is 1. The van der Waals surface area contributed by atoms with Gasteiger partial charge in [0.1, 0.15) is 0 Å². The molecule has 2 heterocycles. The Morgan fingerprint density at radius 3 is 2.57 bits per heavy atom. The lowest BCUT2D eigenvalue weighted by atomic mass is 10.1. The summed E-state index contributed by atoms with van der Waals surface area (Å²) < 4.78 is 39.4. The maximum absolute atomic E-state index is 12.5. The molecule has 1 nitrogen and oxygen atoms in total. The van der Waals surface area contributed by atoms with E-state index in [1.165, 1.54) is 6.07 Å². The molecular weight excluding hydrogens is 191 g/mol. The fourth-order valence-corrected chi connectivity index (χ4v) is 2.09. The molecule has 1 aliphatic rings. The van der Waals surface area contributed by atoms with E-state index in [4.69, 9.17) is 0 Å². The van der Waals surface area contributed by atoms with Crippen LogP contribution in [0.3, 0.4) is 0 Å². The lowest BCUT2D eigenvalue weighted by molar-refractivity contribution is -0.138. The molecule has 0 unspecified atom stereocenters. The maximum atomic E-state index is 12.5. The van der Waals surface area contributed by atoms with Gasteiger partial charge in [-0.2, -0.15) is 13.2 Å². The summed E-state index contributed by atoms with van der Waals surface area (Å²) in [6, 6.07) is 1.30. The normalized spacial score (nSPS) is 16.9. The van der Waals surface area contributed by atoms with Crippen molar-refractivity contribution in [3.63, 3.8) is 0 Å². The van der Waals surface area contributed by atoms with E-state index in [1.54, 1.807) is 11.5 Å². The van der Waals surface area contributed by atoms with Crippen molar-refractivity contribution in [3.8, 4) is 0 Å².